The highest BCUT2D eigenvalue weighted by atomic mass is 16.5. The van der Waals surface area contributed by atoms with Crippen molar-refractivity contribution in [1.29, 1.82) is 0 Å². The molecule has 1 atom stereocenters. The third kappa shape index (κ3) is 2.93. The van der Waals surface area contributed by atoms with Crippen molar-refractivity contribution in [2.24, 2.45) is 5.73 Å². The zero-order valence-corrected chi connectivity index (χ0v) is 15.3. The van der Waals surface area contributed by atoms with Crippen LogP contribution in [0.2, 0.25) is 0 Å². The number of ether oxygens (including phenoxy) is 2. The molecule has 27 heavy (non-hydrogen) atoms. The van der Waals surface area contributed by atoms with Crippen molar-refractivity contribution >= 4 is 22.5 Å². The summed E-state index contributed by atoms with van der Waals surface area (Å²) in [7, 11) is 3.16. The highest BCUT2D eigenvalue weighted by Crippen LogP contribution is 2.39. The van der Waals surface area contributed by atoms with E-state index >= 15 is 0 Å². The Morgan fingerprint density at radius 1 is 1.19 bits per heavy atom. The van der Waals surface area contributed by atoms with Gasteiger partial charge in [0.15, 0.2) is 11.5 Å². The van der Waals surface area contributed by atoms with Crippen LogP contribution in [0.3, 0.4) is 0 Å². The Balaban J connectivity index is 1.87. The van der Waals surface area contributed by atoms with E-state index in [1.807, 2.05) is 12.1 Å². The van der Waals surface area contributed by atoms with Gasteiger partial charge in [0.05, 0.1) is 37.0 Å². The zero-order chi connectivity index (χ0) is 19.0. The van der Waals surface area contributed by atoms with Gasteiger partial charge in [-0.1, -0.05) is 24.3 Å². The van der Waals surface area contributed by atoms with E-state index in [1.54, 1.807) is 20.3 Å². The number of methoxy groups -OCH3 is 2. The van der Waals surface area contributed by atoms with E-state index in [9.17, 15) is 4.79 Å². The van der Waals surface area contributed by atoms with Crippen molar-refractivity contribution in [3.05, 3.63) is 59.3 Å². The smallest absolute Gasteiger partial charge is 0.252 e. The second-order valence-corrected chi connectivity index (χ2v) is 6.57. The maximum absolute atomic E-state index is 12.0. The molecule has 2 aromatic carbocycles. The first-order valence-corrected chi connectivity index (χ1v) is 8.81. The summed E-state index contributed by atoms with van der Waals surface area (Å²) in [6.07, 6.45) is 3.47. The molecule has 1 heterocycles. The van der Waals surface area contributed by atoms with Crippen LogP contribution in [-0.4, -0.2) is 25.1 Å². The lowest BCUT2D eigenvalue weighted by Crippen LogP contribution is -2.17. The van der Waals surface area contributed by atoms with E-state index in [0.29, 0.717) is 28.3 Å². The number of rotatable bonds is 5. The summed E-state index contributed by atoms with van der Waals surface area (Å²) in [5.41, 5.74) is 9.94. The van der Waals surface area contributed by atoms with E-state index in [-0.39, 0.29) is 6.04 Å². The van der Waals surface area contributed by atoms with Gasteiger partial charge in [0.25, 0.3) is 5.91 Å². The number of aromatic nitrogens is 1. The monoisotopic (exact) mass is 363 g/mol. The van der Waals surface area contributed by atoms with Gasteiger partial charge in [-0.3, -0.25) is 9.78 Å². The predicted octanol–water partition coefficient (Wildman–Crippen LogP) is 3.45. The Labute approximate surface area is 157 Å². The number of fused-ring (bicyclic) bond motifs is 2. The molecule has 0 spiro atoms. The number of benzene rings is 2. The summed E-state index contributed by atoms with van der Waals surface area (Å²) in [6, 6.07) is 12.1. The van der Waals surface area contributed by atoms with Crippen LogP contribution >= 0.6 is 0 Å². The van der Waals surface area contributed by atoms with Gasteiger partial charge in [-0.2, -0.15) is 0 Å². The third-order valence-electron chi connectivity index (χ3n) is 5.09. The normalized spacial score (nSPS) is 15.4. The summed E-state index contributed by atoms with van der Waals surface area (Å²) in [6.45, 7) is 0. The molecule has 1 aromatic heterocycles. The molecule has 0 fully saturated rings. The number of primary amides is 1. The number of hydrogen-bond acceptors (Lipinski definition) is 5. The highest BCUT2D eigenvalue weighted by molar-refractivity contribution is 6.07. The number of nitrogens with two attached hydrogens (primary N) is 1. The minimum atomic E-state index is -0.520. The van der Waals surface area contributed by atoms with Gasteiger partial charge in [0.2, 0.25) is 0 Å². The van der Waals surface area contributed by atoms with Crippen molar-refractivity contribution in [2.45, 2.75) is 18.9 Å². The maximum Gasteiger partial charge on any atom is 0.252 e. The molecule has 0 aliphatic heterocycles. The van der Waals surface area contributed by atoms with Gasteiger partial charge >= 0.3 is 0 Å². The molecule has 0 saturated heterocycles. The largest absolute Gasteiger partial charge is 0.493 e. The number of carbonyl (C=O) groups excluding carboxylic acids is 1. The summed E-state index contributed by atoms with van der Waals surface area (Å²) in [5, 5.41) is 4.31. The fourth-order valence-corrected chi connectivity index (χ4v) is 3.74. The number of amides is 1. The fraction of sp³-hybridized carbons (Fsp3) is 0.238. The van der Waals surface area contributed by atoms with Crippen LogP contribution in [0.1, 0.15) is 33.9 Å². The topological polar surface area (TPSA) is 86.5 Å². The first-order chi connectivity index (χ1) is 13.1. The van der Waals surface area contributed by atoms with Gasteiger partial charge in [-0.25, -0.2) is 0 Å². The average Bonchev–Trinajstić information content (AvgIpc) is 3.10. The zero-order valence-electron chi connectivity index (χ0n) is 15.3. The number of nitrogens with one attached hydrogen (secondary N) is 1. The lowest BCUT2D eigenvalue weighted by atomic mass is 10.0. The standard InChI is InChI=1S/C21H21N3O3/c1-26-18-9-14-17(10-19(18)27-2)23-11-15(21(22)25)20(14)24-16-8-7-12-5-3-4-6-13(12)16/h3-6,9-11,16H,7-8H2,1-2H3,(H2,22,25)(H,23,24). The number of nitrogens with zero attached hydrogens (tertiary/aromatic N) is 1. The number of aryl methyl sites for hydroxylation is 1. The minimum Gasteiger partial charge on any atom is -0.493 e. The Morgan fingerprint density at radius 2 is 1.93 bits per heavy atom. The van der Waals surface area contributed by atoms with Crippen LogP contribution in [0.4, 0.5) is 5.69 Å². The Bertz CT molecular complexity index is 1030. The highest BCUT2D eigenvalue weighted by Gasteiger charge is 2.25. The summed E-state index contributed by atoms with van der Waals surface area (Å²) >= 11 is 0. The predicted molar refractivity (Wildman–Crippen MR) is 104 cm³/mol. The lowest BCUT2D eigenvalue weighted by Gasteiger charge is -2.20. The van der Waals surface area contributed by atoms with Crippen molar-refractivity contribution in [3.8, 4) is 11.5 Å². The van der Waals surface area contributed by atoms with Crippen LogP contribution in [0.5, 0.6) is 11.5 Å². The van der Waals surface area contributed by atoms with Crippen LogP contribution in [-0.2, 0) is 6.42 Å². The van der Waals surface area contributed by atoms with Gasteiger partial charge in [0, 0.05) is 17.6 Å². The molecule has 0 bridgehead atoms. The number of anilines is 1. The molecule has 0 radical (unpaired) electrons. The van der Waals surface area contributed by atoms with Crippen LogP contribution in [0.15, 0.2) is 42.6 Å². The average molecular weight is 363 g/mol. The van der Waals surface area contributed by atoms with E-state index in [0.717, 1.165) is 18.2 Å². The van der Waals surface area contributed by atoms with Crippen molar-refractivity contribution in [2.75, 3.05) is 19.5 Å². The van der Waals surface area contributed by atoms with E-state index in [2.05, 4.69) is 28.5 Å². The van der Waals surface area contributed by atoms with Gasteiger partial charge < -0.3 is 20.5 Å². The quantitative estimate of drug-likeness (QED) is 0.725. The Morgan fingerprint density at radius 3 is 2.67 bits per heavy atom. The molecule has 1 unspecified atom stereocenters. The van der Waals surface area contributed by atoms with Crippen molar-refractivity contribution in [3.63, 3.8) is 0 Å². The molecule has 138 valence electrons. The number of carbonyl (C=O) groups is 1. The molecule has 0 saturated carbocycles. The molecule has 6 heteroatoms. The summed E-state index contributed by atoms with van der Waals surface area (Å²) in [5.74, 6) is 0.637. The minimum absolute atomic E-state index is 0.109. The molecule has 6 nitrogen and oxygen atoms in total. The SMILES string of the molecule is COc1cc2ncc(C(N)=O)c(NC3CCc4ccccc43)c2cc1OC. The van der Waals surface area contributed by atoms with E-state index in [4.69, 9.17) is 15.2 Å². The molecular formula is C21H21N3O3. The van der Waals surface area contributed by atoms with Gasteiger partial charge in [0.1, 0.15) is 0 Å². The van der Waals surface area contributed by atoms with Crippen LogP contribution in [0, 0.1) is 0 Å². The van der Waals surface area contributed by atoms with E-state index < -0.39 is 5.91 Å². The van der Waals surface area contributed by atoms with E-state index in [1.165, 1.54) is 17.3 Å². The second-order valence-electron chi connectivity index (χ2n) is 6.57. The molecule has 1 amide bonds. The summed E-state index contributed by atoms with van der Waals surface area (Å²) in [4.78, 5) is 16.4. The maximum atomic E-state index is 12.0. The molecule has 1 aliphatic carbocycles. The van der Waals surface area contributed by atoms with Crippen molar-refractivity contribution in [1.82, 2.24) is 4.98 Å². The fourth-order valence-electron chi connectivity index (χ4n) is 3.74. The molecule has 3 aromatic rings. The first kappa shape index (κ1) is 17.1. The third-order valence-corrected chi connectivity index (χ3v) is 5.09. The second kappa shape index (κ2) is 6.79. The van der Waals surface area contributed by atoms with Gasteiger partial charge in [-0.15, -0.1) is 0 Å². The lowest BCUT2D eigenvalue weighted by molar-refractivity contribution is 0.100. The van der Waals surface area contributed by atoms with Gasteiger partial charge in [-0.05, 0) is 30.0 Å². The molecular weight excluding hydrogens is 342 g/mol. The Kier molecular flexibility index (Phi) is 4.32. The Hall–Kier alpha value is -3.28. The number of pyridine rings is 1. The molecule has 3 N–H and O–H groups in total. The number of hydrogen-bond donors (Lipinski definition) is 2. The molecule has 1 aliphatic rings. The molecule has 4 rings (SSSR count). The van der Waals surface area contributed by atoms with Crippen LogP contribution < -0.4 is 20.5 Å². The van der Waals surface area contributed by atoms with Crippen LogP contribution in [0.25, 0.3) is 10.9 Å². The summed E-state index contributed by atoms with van der Waals surface area (Å²) < 4.78 is 10.8. The van der Waals surface area contributed by atoms with Crippen molar-refractivity contribution < 1.29 is 14.3 Å². The first-order valence-electron chi connectivity index (χ1n) is 8.81.